The lowest BCUT2D eigenvalue weighted by molar-refractivity contribution is 0.545. The molecule has 4 aromatic heterocycles. The second kappa shape index (κ2) is 7.45. The van der Waals surface area contributed by atoms with Crippen LogP contribution in [-0.2, 0) is 5.41 Å². The van der Waals surface area contributed by atoms with Crippen molar-refractivity contribution in [2.45, 2.75) is 19.3 Å². The first-order valence-corrected chi connectivity index (χ1v) is 11.2. The van der Waals surface area contributed by atoms with Gasteiger partial charge in [-0.3, -0.25) is 0 Å². The molecular weight excluding hydrogens is 404 g/mol. The van der Waals surface area contributed by atoms with Crippen LogP contribution in [0.1, 0.15) is 25.5 Å². The molecule has 0 aliphatic rings. The summed E-state index contributed by atoms with van der Waals surface area (Å²) in [6.45, 7) is 4.42. The van der Waals surface area contributed by atoms with E-state index in [1.807, 2.05) is 12.1 Å². The fourth-order valence-electron chi connectivity index (χ4n) is 4.67. The molecule has 0 bridgehead atoms. The highest BCUT2D eigenvalue weighted by Crippen LogP contribution is 2.37. The minimum Gasteiger partial charge on any atom is -0.302 e. The van der Waals surface area contributed by atoms with Gasteiger partial charge in [0, 0.05) is 23.5 Å². The highest BCUT2D eigenvalue weighted by Gasteiger charge is 2.34. The third-order valence-corrected chi connectivity index (χ3v) is 6.31. The van der Waals surface area contributed by atoms with Crippen LogP contribution in [0.4, 0.5) is 0 Å². The molecule has 0 atom stereocenters. The number of rotatable bonds is 4. The van der Waals surface area contributed by atoms with E-state index in [1.165, 1.54) is 0 Å². The Hall–Kier alpha value is -4.18. The Balaban J connectivity index is 1.61. The summed E-state index contributed by atoms with van der Waals surface area (Å²) >= 11 is 0. The summed E-state index contributed by atoms with van der Waals surface area (Å²) in [5.41, 5.74) is 5.94. The van der Waals surface area contributed by atoms with Gasteiger partial charge in [0.15, 0.2) is 0 Å². The molecule has 33 heavy (non-hydrogen) atoms. The van der Waals surface area contributed by atoms with Gasteiger partial charge in [-0.15, -0.1) is 0 Å². The molecule has 0 aliphatic carbocycles. The molecule has 160 valence electrons. The van der Waals surface area contributed by atoms with Gasteiger partial charge < -0.3 is 8.80 Å². The molecule has 0 saturated heterocycles. The fourth-order valence-corrected chi connectivity index (χ4v) is 4.67. The van der Waals surface area contributed by atoms with Gasteiger partial charge >= 0.3 is 0 Å². The van der Waals surface area contributed by atoms with E-state index in [-0.39, 0.29) is 0 Å². The first kappa shape index (κ1) is 19.5. The monoisotopic (exact) mass is 428 g/mol. The lowest BCUT2D eigenvalue weighted by atomic mass is 9.91. The van der Waals surface area contributed by atoms with Crippen LogP contribution >= 0.6 is 0 Å². The van der Waals surface area contributed by atoms with Crippen molar-refractivity contribution in [1.82, 2.24) is 18.8 Å². The second-order valence-corrected chi connectivity index (χ2v) is 8.84. The molecule has 6 rings (SSSR count). The van der Waals surface area contributed by atoms with E-state index < -0.39 is 5.41 Å². The van der Waals surface area contributed by atoms with Crippen molar-refractivity contribution in [2.75, 3.05) is 0 Å². The van der Waals surface area contributed by atoms with Crippen molar-refractivity contribution in [3.63, 3.8) is 0 Å². The van der Waals surface area contributed by atoms with Crippen LogP contribution in [0.5, 0.6) is 0 Å². The molecule has 0 radical (unpaired) electrons. The maximum absolute atomic E-state index is 5.21. The van der Waals surface area contributed by atoms with Gasteiger partial charge in [0.1, 0.15) is 11.6 Å². The standard InChI is InChI=1S/C29H24N4/c1-29(2,27-30-25(21-13-5-3-6-14-21)23-17-9-11-19-32(23)27)28-31-26(22-15-7-4-8-16-22)24-18-10-12-20-33(24)28/h3-20H,1-2H3. The predicted octanol–water partition coefficient (Wildman–Crippen LogP) is 6.64. The Labute approximate surface area is 192 Å². The normalized spacial score (nSPS) is 11.9. The number of pyridine rings is 2. The summed E-state index contributed by atoms with van der Waals surface area (Å²) in [6.07, 6.45) is 4.19. The van der Waals surface area contributed by atoms with Crippen molar-refractivity contribution in [3.8, 4) is 22.5 Å². The fraction of sp³-hybridized carbons (Fsp3) is 0.103. The molecule has 4 nitrogen and oxygen atoms in total. The Morgan fingerprint density at radius 3 is 1.33 bits per heavy atom. The van der Waals surface area contributed by atoms with Gasteiger partial charge in [-0.05, 0) is 38.1 Å². The lowest BCUT2D eigenvalue weighted by Crippen LogP contribution is -2.25. The summed E-state index contributed by atoms with van der Waals surface area (Å²) in [7, 11) is 0. The number of benzene rings is 2. The molecule has 0 spiro atoms. The average Bonchev–Trinajstić information content (AvgIpc) is 3.46. The molecule has 0 N–H and O–H groups in total. The number of aromatic nitrogens is 4. The third-order valence-electron chi connectivity index (χ3n) is 6.31. The van der Waals surface area contributed by atoms with E-state index in [2.05, 4.69) is 120 Å². The highest BCUT2D eigenvalue weighted by molar-refractivity contribution is 5.79. The Morgan fingerprint density at radius 2 is 0.909 bits per heavy atom. The zero-order chi connectivity index (χ0) is 22.4. The van der Waals surface area contributed by atoms with Gasteiger partial charge in [-0.1, -0.05) is 72.8 Å². The molecule has 2 aromatic carbocycles. The Bertz CT molecular complexity index is 1450. The minimum absolute atomic E-state index is 0.450. The number of imidazole rings is 2. The molecule has 0 amide bonds. The van der Waals surface area contributed by atoms with Gasteiger partial charge in [-0.25, -0.2) is 9.97 Å². The van der Waals surface area contributed by atoms with Crippen molar-refractivity contribution in [1.29, 1.82) is 0 Å². The van der Waals surface area contributed by atoms with Crippen LogP contribution < -0.4 is 0 Å². The summed E-state index contributed by atoms with van der Waals surface area (Å²) in [4.78, 5) is 10.4. The first-order chi connectivity index (χ1) is 16.1. The smallest absolute Gasteiger partial charge is 0.127 e. The van der Waals surface area contributed by atoms with E-state index >= 15 is 0 Å². The summed E-state index contributed by atoms with van der Waals surface area (Å²) < 4.78 is 4.41. The molecule has 0 aliphatic heterocycles. The van der Waals surface area contributed by atoms with Gasteiger partial charge in [0.2, 0.25) is 0 Å². The van der Waals surface area contributed by atoms with Gasteiger partial charge in [0.05, 0.1) is 27.8 Å². The molecule has 0 saturated carbocycles. The molecule has 0 fully saturated rings. The molecule has 6 aromatic rings. The Morgan fingerprint density at radius 1 is 0.515 bits per heavy atom. The van der Waals surface area contributed by atoms with Crippen LogP contribution in [-0.4, -0.2) is 18.8 Å². The summed E-state index contributed by atoms with van der Waals surface area (Å²) in [5, 5.41) is 0. The third kappa shape index (κ3) is 3.06. The van der Waals surface area contributed by atoms with Gasteiger partial charge in [-0.2, -0.15) is 0 Å². The zero-order valence-electron chi connectivity index (χ0n) is 18.7. The van der Waals surface area contributed by atoms with Crippen molar-refractivity contribution in [2.24, 2.45) is 0 Å². The molecule has 4 heterocycles. The number of hydrogen-bond acceptors (Lipinski definition) is 2. The highest BCUT2D eigenvalue weighted by atomic mass is 15.1. The lowest BCUT2D eigenvalue weighted by Gasteiger charge is -2.22. The van der Waals surface area contributed by atoms with E-state index in [9.17, 15) is 0 Å². The van der Waals surface area contributed by atoms with Crippen molar-refractivity contribution < 1.29 is 0 Å². The topological polar surface area (TPSA) is 34.6 Å². The maximum atomic E-state index is 5.21. The largest absolute Gasteiger partial charge is 0.302 e. The summed E-state index contributed by atoms with van der Waals surface area (Å²) in [6, 6.07) is 33.3. The predicted molar refractivity (Wildman–Crippen MR) is 133 cm³/mol. The van der Waals surface area contributed by atoms with E-state index in [4.69, 9.17) is 9.97 Å². The van der Waals surface area contributed by atoms with Crippen LogP contribution in [0.3, 0.4) is 0 Å². The quantitative estimate of drug-likeness (QED) is 0.315. The van der Waals surface area contributed by atoms with Crippen LogP contribution in [0.2, 0.25) is 0 Å². The second-order valence-electron chi connectivity index (χ2n) is 8.84. The van der Waals surface area contributed by atoms with E-state index in [0.717, 1.165) is 45.2 Å². The van der Waals surface area contributed by atoms with Gasteiger partial charge in [0.25, 0.3) is 0 Å². The van der Waals surface area contributed by atoms with E-state index in [0.29, 0.717) is 0 Å². The average molecular weight is 429 g/mol. The number of fused-ring (bicyclic) bond motifs is 2. The van der Waals surface area contributed by atoms with Crippen molar-refractivity contribution >= 4 is 11.0 Å². The molecule has 0 unspecified atom stereocenters. The SMILES string of the molecule is CC(C)(c1nc(-c2ccccc2)c2ccccn12)c1nc(-c2ccccc2)c2ccccn12. The van der Waals surface area contributed by atoms with Crippen LogP contribution in [0, 0.1) is 0 Å². The molecule has 4 heteroatoms. The van der Waals surface area contributed by atoms with Crippen LogP contribution in [0.25, 0.3) is 33.5 Å². The molecular formula is C29H24N4. The number of hydrogen-bond donors (Lipinski definition) is 0. The Kier molecular flexibility index (Phi) is 4.40. The van der Waals surface area contributed by atoms with Crippen molar-refractivity contribution in [3.05, 3.63) is 121 Å². The zero-order valence-corrected chi connectivity index (χ0v) is 18.7. The van der Waals surface area contributed by atoms with E-state index in [1.54, 1.807) is 0 Å². The maximum Gasteiger partial charge on any atom is 0.127 e. The first-order valence-electron chi connectivity index (χ1n) is 11.2. The number of nitrogens with zero attached hydrogens (tertiary/aromatic N) is 4. The van der Waals surface area contributed by atoms with Crippen LogP contribution in [0.15, 0.2) is 109 Å². The summed E-state index contributed by atoms with van der Waals surface area (Å²) in [5.74, 6) is 1.93. The minimum atomic E-state index is -0.450.